The zero-order chi connectivity index (χ0) is 18.4. The summed E-state index contributed by atoms with van der Waals surface area (Å²) >= 11 is 0. The molecule has 0 aliphatic heterocycles. The number of benzene rings is 2. The zero-order valence-electron chi connectivity index (χ0n) is 15.2. The molecule has 1 atom stereocenters. The quantitative estimate of drug-likeness (QED) is 0.698. The number of rotatable bonds is 7. The largest absolute Gasteiger partial charge is 0.496 e. The van der Waals surface area contributed by atoms with Crippen molar-refractivity contribution < 1.29 is 9.53 Å². The van der Waals surface area contributed by atoms with E-state index in [9.17, 15) is 4.79 Å². The monoisotopic (exact) mass is 348 g/mol. The number of nitrogens with one attached hydrogen (secondary N) is 1. The number of amides is 1. The Balaban J connectivity index is 1.70. The number of methoxy groups -OCH3 is 1. The van der Waals surface area contributed by atoms with Gasteiger partial charge in [-0.3, -0.25) is 4.79 Å². The zero-order valence-corrected chi connectivity index (χ0v) is 15.2. The summed E-state index contributed by atoms with van der Waals surface area (Å²) in [6, 6.07) is 20.0. The van der Waals surface area contributed by atoms with E-state index in [1.165, 1.54) is 5.56 Å². The molecule has 1 aromatic heterocycles. The summed E-state index contributed by atoms with van der Waals surface area (Å²) in [5.41, 5.74) is 3.30. The number of para-hydroxylation sites is 1. The van der Waals surface area contributed by atoms with Gasteiger partial charge in [0.1, 0.15) is 5.75 Å². The van der Waals surface area contributed by atoms with Gasteiger partial charge in [0, 0.05) is 24.5 Å². The number of nitrogens with zero attached hydrogens (tertiary/aromatic N) is 1. The molecular formula is C22H24N2O2. The third-order valence-corrected chi connectivity index (χ3v) is 4.50. The van der Waals surface area contributed by atoms with Crippen LogP contribution in [0.3, 0.4) is 0 Å². The first-order valence-corrected chi connectivity index (χ1v) is 8.75. The Labute approximate surface area is 154 Å². The Bertz CT molecular complexity index is 839. The average Bonchev–Trinajstić information content (AvgIpc) is 3.20. The van der Waals surface area contributed by atoms with Gasteiger partial charge >= 0.3 is 0 Å². The topological polar surface area (TPSA) is 43.3 Å². The van der Waals surface area contributed by atoms with Crippen LogP contribution in [0.5, 0.6) is 5.75 Å². The van der Waals surface area contributed by atoms with E-state index in [0.29, 0.717) is 13.0 Å². The van der Waals surface area contributed by atoms with Gasteiger partial charge in [-0.05, 0) is 30.7 Å². The maximum absolute atomic E-state index is 12.6. The minimum Gasteiger partial charge on any atom is -0.496 e. The minimum atomic E-state index is -0.0248. The van der Waals surface area contributed by atoms with Crippen molar-refractivity contribution in [2.45, 2.75) is 25.9 Å². The van der Waals surface area contributed by atoms with Crippen LogP contribution in [0.15, 0.2) is 73.1 Å². The molecule has 1 N–H and O–H groups in total. The van der Waals surface area contributed by atoms with Crippen molar-refractivity contribution in [3.8, 4) is 5.75 Å². The summed E-state index contributed by atoms with van der Waals surface area (Å²) < 4.78 is 7.42. The number of hydrogen-bond donors (Lipinski definition) is 1. The number of aryl methyl sites for hydroxylation is 1. The molecule has 3 aromatic rings. The van der Waals surface area contributed by atoms with Crippen molar-refractivity contribution in [2.75, 3.05) is 7.11 Å². The van der Waals surface area contributed by atoms with E-state index in [4.69, 9.17) is 4.74 Å². The third kappa shape index (κ3) is 4.33. The Morgan fingerprint density at radius 3 is 2.42 bits per heavy atom. The number of aromatic nitrogens is 1. The highest BCUT2D eigenvalue weighted by molar-refractivity contribution is 5.77. The lowest BCUT2D eigenvalue weighted by molar-refractivity contribution is -0.121. The summed E-state index contributed by atoms with van der Waals surface area (Å²) in [5, 5.41) is 3.01. The van der Waals surface area contributed by atoms with Gasteiger partial charge in [0.15, 0.2) is 0 Å². The molecule has 4 nitrogen and oxygen atoms in total. The Morgan fingerprint density at radius 2 is 1.73 bits per heavy atom. The van der Waals surface area contributed by atoms with Gasteiger partial charge in [0.05, 0.1) is 19.6 Å². The van der Waals surface area contributed by atoms with Gasteiger partial charge in [-0.2, -0.15) is 0 Å². The highest BCUT2D eigenvalue weighted by Gasteiger charge is 2.17. The molecule has 0 bridgehead atoms. The Kier molecular flexibility index (Phi) is 5.74. The van der Waals surface area contributed by atoms with Gasteiger partial charge < -0.3 is 14.6 Å². The van der Waals surface area contributed by atoms with Crippen LogP contribution in [0.2, 0.25) is 0 Å². The molecule has 1 unspecified atom stereocenters. The molecule has 0 saturated heterocycles. The fourth-order valence-electron chi connectivity index (χ4n) is 3.03. The predicted octanol–water partition coefficient (Wildman–Crippen LogP) is 4.10. The van der Waals surface area contributed by atoms with E-state index in [-0.39, 0.29) is 11.9 Å². The molecule has 134 valence electrons. The molecule has 3 rings (SSSR count). The Hall–Kier alpha value is -3.01. The van der Waals surface area contributed by atoms with Crippen LogP contribution >= 0.6 is 0 Å². The van der Waals surface area contributed by atoms with Crippen molar-refractivity contribution in [3.05, 3.63) is 89.7 Å². The van der Waals surface area contributed by atoms with Crippen molar-refractivity contribution in [1.82, 2.24) is 9.88 Å². The van der Waals surface area contributed by atoms with Crippen LogP contribution in [0.1, 0.15) is 29.2 Å². The summed E-state index contributed by atoms with van der Waals surface area (Å²) in [6.45, 7) is 2.52. The second-order valence-electron chi connectivity index (χ2n) is 6.35. The predicted molar refractivity (Wildman–Crippen MR) is 103 cm³/mol. The number of hydrogen-bond acceptors (Lipinski definition) is 2. The van der Waals surface area contributed by atoms with Crippen LogP contribution in [-0.4, -0.2) is 17.6 Å². The van der Waals surface area contributed by atoms with Gasteiger partial charge in [0.25, 0.3) is 0 Å². The maximum Gasteiger partial charge on any atom is 0.222 e. The molecular weight excluding hydrogens is 324 g/mol. The Morgan fingerprint density at radius 1 is 1.04 bits per heavy atom. The molecule has 1 heterocycles. The highest BCUT2D eigenvalue weighted by atomic mass is 16.5. The van der Waals surface area contributed by atoms with E-state index >= 15 is 0 Å². The first-order chi connectivity index (χ1) is 12.7. The van der Waals surface area contributed by atoms with Crippen LogP contribution in [0, 0.1) is 6.92 Å². The van der Waals surface area contributed by atoms with Crippen molar-refractivity contribution in [2.24, 2.45) is 0 Å². The summed E-state index contributed by atoms with van der Waals surface area (Å²) in [7, 11) is 1.64. The molecule has 2 aromatic carbocycles. The molecule has 0 saturated carbocycles. The fourth-order valence-corrected chi connectivity index (χ4v) is 3.03. The lowest BCUT2D eigenvalue weighted by Crippen LogP contribution is -2.26. The van der Waals surface area contributed by atoms with E-state index in [1.54, 1.807) is 7.11 Å². The maximum atomic E-state index is 12.6. The molecule has 0 radical (unpaired) electrons. The minimum absolute atomic E-state index is 0.00943. The first-order valence-electron chi connectivity index (χ1n) is 8.75. The molecule has 0 spiro atoms. The number of carbonyl (C=O) groups excluding carboxylic acids is 1. The van der Waals surface area contributed by atoms with Crippen LogP contribution in [-0.2, 0) is 11.3 Å². The van der Waals surface area contributed by atoms with E-state index in [0.717, 1.165) is 16.9 Å². The first kappa shape index (κ1) is 17.8. The van der Waals surface area contributed by atoms with Crippen molar-refractivity contribution >= 4 is 5.91 Å². The lowest BCUT2D eigenvalue weighted by Gasteiger charge is -2.20. The molecule has 0 aliphatic carbocycles. The SMILES string of the molecule is COc1ccccc1CNC(=O)CC(c1ccc(C)cc1)n1cccc1. The summed E-state index contributed by atoms with van der Waals surface area (Å²) in [5.74, 6) is 0.795. The standard InChI is InChI=1S/C22H24N2O2/c1-17-9-11-18(12-10-17)20(24-13-5-6-14-24)15-22(25)23-16-19-7-3-4-8-21(19)26-2/h3-14,20H,15-16H2,1-2H3,(H,23,25). The fraction of sp³-hybridized carbons (Fsp3) is 0.227. The molecule has 4 heteroatoms. The molecule has 26 heavy (non-hydrogen) atoms. The van der Waals surface area contributed by atoms with Crippen LogP contribution < -0.4 is 10.1 Å². The molecule has 0 fully saturated rings. The second-order valence-corrected chi connectivity index (χ2v) is 6.35. The lowest BCUT2D eigenvalue weighted by atomic mass is 10.0. The van der Waals surface area contributed by atoms with Crippen LogP contribution in [0.25, 0.3) is 0 Å². The number of carbonyl (C=O) groups is 1. The van der Waals surface area contributed by atoms with Crippen molar-refractivity contribution in [3.63, 3.8) is 0 Å². The van der Waals surface area contributed by atoms with Gasteiger partial charge in [-0.15, -0.1) is 0 Å². The number of ether oxygens (including phenoxy) is 1. The van der Waals surface area contributed by atoms with Gasteiger partial charge in [-0.1, -0.05) is 48.0 Å². The molecule has 1 amide bonds. The summed E-state index contributed by atoms with van der Waals surface area (Å²) in [6.07, 6.45) is 4.38. The smallest absolute Gasteiger partial charge is 0.222 e. The van der Waals surface area contributed by atoms with E-state index < -0.39 is 0 Å². The van der Waals surface area contributed by atoms with Crippen LogP contribution in [0.4, 0.5) is 0 Å². The summed E-state index contributed by atoms with van der Waals surface area (Å²) in [4.78, 5) is 12.6. The van der Waals surface area contributed by atoms with Crippen molar-refractivity contribution in [1.29, 1.82) is 0 Å². The second kappa shape index (κ2) is 8.39. The van der Waals surface area contributed by atoms with Gasteiger partial charge in [-0.25, -0.2) is 0 Å². The molecule has 0 aliphatic rings. The van der Waals surface area contributed by atoms with E-state index in [2.05, 4.69) is 41.1 Å². The van der Waals surface area contributed by atoms with E-state index in [1.807, 2.05) is 48.8 Å². The third-order valence-electron chi connectivity index (χ3n) is 4.50. The normalized spacial score (nSPS) is 11.8. The highest BCUT2D eigenvalue weighted by Crippen LogP contribution is 2.23. The van der Waals surface area contributed by atoms with Gasteiger partial charge in [0.2, 0.25) is 5.91 Å². The average molecular weight is 348 g/mol.